The Balaban J connectivity index is 1.56. The Hall–Kier alpha value is -2.73. The summed E-state index contributed by atoms with van der Waals surface area (Å²) in [6.45, 7) is 5.08. The molecule has 27 heavy (non-hydrogen) atoms. The zero-order valence-electron chi connectivity index (χ0n) is 15.8. The molecule has 3 aromatic rings. The highest BCUT2D eigenvalue weighted by atomic mass is 16.3. The number of aryl methyl sites for hydroxylation is 1. The van der Waals surface area contributed by atoms with E-state index in [9.17, 15) is 4.79 Å². The highest BCUT2D eigenvalue weighted by Crippen LogP contribution is 2.21. The van der Waals surface area contributed by atoms with E-state index in [-0.39, 0.29) is 5.91 Å². The van der Waals surface area contributed by atoms with Gasteiger partial charge >= 0.3 is 0 Å². The summed E-state index contributed by atoms with van der Waals surface area (Å²) in [5.41, 5.74) is 3.05. The summed E-state index contributed by atoms with van der Waals surface area (Å²) in [5, 5.41) is 0. The Bertz CT molecular complexity index is 947. The molecule has 140 valence electrons. The molecule has 1 aliphatic rings. The molecule has 0 N–H and O–H groups in total. The molecule has 0 aliphatic carbocycles. The van der Waals surface area contributed by atoms with Crippen LogP contribution in [0.15, 0.2) is 47.1 Å². The molecule has 1 fully saturated rings. The molecule has 0 saturated carbocycles. The number of hydrogen-bond acceptors (Lipinski definition) is 5. The number of carbonyl (C=O) groups excluding carboxylic acids is 1. The molecule has 1 aliphatic heterocycles. The molecule has 6 heteroatoms. The second-order valence-corrected chi connectivity index (χ2v) is 7.34. The highest BCUT2D eigenvalue weighted by Gasteiger charge is 2.27. The van der Waals surface area contributed by atoms with Crippen LogP contribution in [-0.4, -0.2) is 58.9 Å². The maximum atomic E-state index is 12.9. The first kappa shape index (κ1) is 17.7. The van der Waals surface area contributed by atoms with Gasteiger partial charge in [-0.25, -0.2) is 0 Å². The van der Waals surface area contributed by atoms with Crippen molar-refractivity contribution in [2.24, 2.45) is 5.92 Å². The maximum Gasteiger partial charge on any atom is 0.289 e. The van der Waals surface area contributed by atoms with Gasteiger partial charge in [0.2, 0.25) is 0 Å². The number of furan rings is 1. The lowest BCUT2D eigenvalue weighted by molar-refractivity contribution is 0.0713. The van der Waals surface area contributed by atoms with Crippen LogP contribution < -0.4 is 0 Å². The van der Waals surface area contributed by atoms with Gasteiger partial charge in [-0.2, -0.15) is 0 Å². The van der Waals surface area contributed by atoms with Crippen molar-refractivity contribution in [3.05, 3.63) is 59.8 Å². The number of nitrogens with zero attached hydrogens (tertiary/aromatic N) is 4. The van der Waals surface area contributed by atoms with Gasteiger partial charge in [0.25, 0.3) is 5.91 Å². The molecule has 0 aromatic carbocycles. The van der Waals surface area contributed by atoms with Gasteiger partial charge in [0.05, 0.1) is 11.0 Å². The number of carbonyl (C=O) groups is 1. The van der Waals surface area contributed by atoms with Crippen LogP contribution in [0.2, 0.25) is 0 Å². The molecule has 1 saturated heterocycles. The first-order valence-electron chi connectivity index (χ1n) is 9.33. The fourth-order valence-electron chi connectivity index (χ4n) is 3.81. The summed E-state index contributed by atoms with van der Waals surface area (Å²) in [6, 6.07) is 9.54. The standard InChI is InChI=1S/C21H24N4O2/c1-15-5-6-19(27-15)21(26)25-11-10-24(2)13-16(14-25)12-17-7-9-22-18-4-3-8-23-20(17)18/h3-9,16H,10-14H2,1-2H3. The van der Waals surface area contributed by atoms with E-state index in [1.807, 2.05) is 48.5 Å². The minimum Gasteiger partial charge on any atom is -0.456 e. The molecule has 3 aromatic heterocycles. The van der Waals surface area contributed by atoms with Crippen molar-refractivity contribution in [2.45, 2.75) is 13.3 Å². The number of likely N-dealkylation sites (N-methyl/N-ethyl adjacent to an activating group) is 1. The Labute approximate surface area is 158 Å². The predicted molar refractivity (Wildman–Crippen MR) is 104 cm³/mol. The Morgan fingerprint density at radius 2 is 2.04 bits per heavy atom. The van der Waals surface area contributed by atoms with Crippen LogP contribution in [0.25, 0.3) is 11.0 Å². The molecule has 4 heterocycles. The normalized spacial score (nSPS) is 18.6. The lowest BCUT2D eigenvalue weighted by atomic mass is 9.98. The molecule has 1 atom stereocenters. The van der Waals surface area contributed by atoms with Crippen molar-refractivity contribution < 1.29 is 9.21 Å². The van der Waals surface area contributed by atoms with Crippen molar-refractivity contribution >= 4 is 16.9 Å². The molecule has 0 spiro atoms. The van der Waals surface area contributed by atoms with Gasteiger partial charge in [0.15, 0.2) is 5.76 Å². The maximum absolute atomic E-state index is 12.9. The summed E-state index contributed by atoms with van der Waals surface area (Å²) in [6.07, 6.45) is 4.51. The topological polar surface area (TPSA) is 62.5 Å². The molecule has 0 bridgehead atoms. The number of hydrogen-bond donors (Lipinski definition) is 0. The molecule has 1 amide bonds. The van der Waals surface area contributed by atoms with Gasteiger partial charge in [-0.3, -0.25) is 14.8 Å². The molecule has 4 rings (SSSR count). The summed E-state index contributed by atoms with van der Waals surface area (Å²) in [7, 11) is 2.11. The molecule has 6 nitrogen and oxygen atoms in total. The smallest absolute Gasteiger partial charge is 0.289 e. The van der Waals surface area contributed by atoms with E-state index in [1.54, 1.807) is 6.07 Å². The van der Waals surface area contributed by atoms with Gasteiger partial charge in [0, 0.05) is 38.6 Å². The minimum absolute atomic E-state index is 0.0267. The highest BCUT2D eigenvalue weighted by molar-refractivity contribution is 5.91. The van der Waals surface area contributed by atoms with Crippen LogP contribution in [0.1, 0.15) is 21.9 Å². The molecular formula is C21H24N4O2. The average molecular weight is 364 g/mol. The van der Waals surface area contributed by atoms with Crippen LogP contribution >= 0.6 is 0 Å². The van der Waals surface area contributed by atoms with Gasteiger partial charge < -0.3 is 14.2 Å². The third-order valence-corrected chi connectivity index (χ3v) is 5.13. The van der Waals surface area contributed by atoms with Crippen LogP contribution in [0.3, 0.4) is 0 Å². The number of rotatable bonds is 3. The van der Waals surface area contributed by atoms with E-state index in [1.165, 1.54) is 5.56 Å². The quantitative estimate of drug-likeness (QED) is 0.715. The summed E-state index contributed by atoms with van der Waals surface area (Å²) in [4.78, 5) is 26.0. The third-order valence-electron chi connectivity index (χ3n) is 5.13. The predicted octanol–water partition coefficient (Wildman–Crippen LogP) is 2.78. The van der Waals surface area contributed by atoms with Gasteiger partial charge in [0.1, 0.15) is 5.76 Å². The van der Waals surface area contributed by atoms with E-state index < -0.39 is 0 Å². The first-order chi connectivity index (χ1) is 13.1. The average Bonchev–Trinajstić information content (AvgIpc) is 3.02. The van der Waals surface area contributed by atoms with Crippen molar-refractivity contribution in [1.82, 2.24) is 19.8 Å². The van der Waals surface area contributed by atoms with Crippen molar-refractivity contribution in [2.75, 3.05) is 33.2 Å². The van der Waals surface area contributed by atoms with E-state index >= 15 is 0 Å². The largest absolute Gasteiger partial charge is 0.456 e. The van der Waals surface area contributed by atoms with Crippen molar-refractivity contribution in [3.8, 4) is 0 Å². The lowest BCUT2D eigenvalue weighted by Gasteiger charge is -2.23. The van der Waals surface area contributed by atoms with Crippen LogP contribution in [0, 0.1) is 12.8 Å². The monoisotopic (exact) mass is 364 g/mol. The first-order valence-corrected chi connectivity index (χ1v) is 9.33. The number of amides is 1. The number of aromatic nitrogens is 2. The van der Waals surface area contributed by atoms with Gasteiger partial charge in [-0.1, -0.05) is 0 Å². The fourth-order valence-corrected chi connectivity index (χ4v) is 3.81. The molecule has 0 radical (unpaired) electrons. The van der Waals surface area contributed by atoms with E-state index in [4.69, 9.17) is 4.42 Å². The molecular weight excluding hydrogens is 340 g/mol. The van der Waals surface area contributed by atoms with E-state index in [2.05, 4.69) is 21.9 Å². The second-order valence-electron chi connectivity index (χ2n) is 7.34. The van der Waals surface area contributed by atoms with E-state index in [0.29, 0.717) is 24.8 Å². The Kier molecular flexibility index (Phi) is 4.90. The lowest BCUT2D eigenvalue weighted by Crippen LogP contribution is -2.36. The molecule has 1 unspecified atom stereocenters. The summed E-state index contributed by atoms with van der Waals surface area (Å²) < 4.78 is 5.55. The SMILES string of the molecule is Cc1ccc(C(=O)N2CCN(C)CC(Cc3ccnc4cccnc34)C2)o1. The summed E-state index contributed by atoms with van der Waals surface area (Å²) in [5.74, 6) is 1.48. The number of fused-ring (bicyclic) bond motifs is 1. The van der Waals surface area contributed by atoms with Crippen molar-refractivity contribution in [1.29, 1.82) is 0 Å². The van der Waals surface area contributed by atoms with E-state index in [0.717, 1.165) is 36.3 Å². The zero-order chi connectivity index (χ0) is 18.8. The second kappa shape index (κ2) is 7.48. The fraction of sp³-hybridized carbons (Fsp3) is 0.381. The zero-order valence-corrected chi connectivity index (χ0v) is 15.8. The van der Waals surface area contributed by atoms with Crippen LogP contribution in [-0.2, 0) is 6.42 Å². The van der Waals surface area contributed by atoms with Gasteiger partial charge in [-0.05, 0) is 62.2 Å². The Morgan fingerprint density at radius 1 is 1.15 bits per heavy atom. The minimum atomic E-state index is -0.0267. The Morgan fingerprint density at radius 3 is 2.85 bits per heavy atom. The van der Waals surface area contributed by atoms with Crippen LogP contribution in [0.5, 0.6) is 0 Å². The summed E-state index contributed by atoms with van der Waals surface area (Å²) >= 11 is 0. The third kappa shape index (κ3) is 3.85. The van der Waals surface area contributed by atoms with Crippen LogP contribution in [0.4, 0.5) is 0 Å². The van der Waals surface area contributed by atoms with Crippen molar-refractivity contribution in [3.63, 3.8) is 0 Å². The van der Waals surface area contributed by atoms with Gasteiger partial charge in [-0.15, -0.1) is 0 Å². The number of pyridine rings is 2.